The van der Waals surface area contributed by atoms with Crippen molar-refractivity contribution in [1.29, 1.82) is 0 Å². The van der Waals surface area contributed by atoms with Crippen LogP contribution in [0.5, 0.6) is 0 Å². The highest BCUT2D eigenvalue weighted by atomic mass is 19.1. The summed E-state index contributed by atoms with van der Waals surface area (Å²) in [5.74, 6) is 3.45. The van der Waals surface area contributed by atoms with Crippen LogP contribution in [0.4, 0.5) is 8.78 Å². The van der Waals surface area contributed by atoms with Gasteiger partial charge in [0.05, 0.1) is 11.9 Å². The Morgan fingerprint density at radius 2 is 2.00 bits per heavy atom. The number of nitrogens with zero attached hydrogens (tertiary/aromatic N) is 1. The lowest BCUT2D eigenvalue weighted by Gasteiger charge is -2.27. The van der Waals surface area contributed by atoms with Crippen LogP contribution in [0.3, 0.4) is 0 Å². The first kappa shape index (κ1) is 12.9. The minimum absolute atomic E-state index is 0.0487. The van der Waals surface area contributed by atoms with Crippen LogP contribution in [0.25, 0.3) is 0 Å². The Morgan fingerprint density at radius 3 is 2.56 bits per heavy atom. The average molecular weight is 255 g/mol. The first-order valence-corrected chi connectivity index (χ1v) is 5.93. The molecule has 0 spiro atoms. The Kier molecular flexibility index (Phi) is 3.86. The van der Waals surface area contributed by atoms with Crippen LogP contribution in [0, 0.1) is 17.6 Å². The minimum atomic E-state index is -0.674. The Balaban J connectivity index is 2.03. The van der Waals surface area contributed by atoms with Gasteiger partial charge in [0.15, 0.2) is 0 Å². The highest BCUT2D eigenvalue weighted by Crippen LogP contribution is 2.35. The summed E-state index contributed by atoms with van der Waals surface area (Å²) in [6.07, 6.45) is 3.64. The molecule has 0 radical (unpaired) electrons. The van der Waals surface area contributed by atoms with Gasteiger partial charge in [-0.3, -0.25) is 15.2 Å². The van der Waals surface area contributed by atoms with E-state index in [0.29, 0.717) is 31.4 Å². The van der Waals surface area contributed by atoms with E-state index in [1.54, 1.807) is 0 Å². The summed E-state index contributed by atoms with van der Waals surface area (Å²) in [6.45, 7) is 0. The van der Waals surface area contributed by atoms with Gasteiger partial charge in [0.1, 0.15) is 11.6 Å². The third kappa shape index (κ3) is 2.64. The summed E-state index contributed by atoms with van der Waals surface area (Å²) < 4.78 is 26.3. The van der Waals surface area contributed by atoms with E-state index < -0.39 is 11.6 Å². The number of hydrazine groups is 1. The van der Waals surface area contributed by atoms with Gasteiger partial charge < -0.3 is 0 Å². The zero-order chi connectivity index (χ0) is 13.1. The van der Waals surface area contributed by atoms with Crippen molar-refractivity contribution in [2.24, 2.45) is 11.8 Å². The maximum atomic E-state index is 13.6. The molecule has 4 nitrogen and oxygen atoms in total. The van der Waals surface area contributed by atoms with Crippen molar-refractivity contribution in [1.82, 2.24) is 10.4 Å². The number of nitrogens with one attached hydrogen (secondary N) is 1. The second-order valence-electron chi connectivity index (χ2n) is 4.58. The van der Waals surface area contributed by atoms with E-state index in [4.69, 9.17) is 5.84 Å². The molecule has 1 aliphatic carbocycles. The van der Waals surface area contributed by atoms with Crippen LogP contribution in [0.2, 0.25) is 0 Å². The van der Waals surface area contributed by atoms with E-state index in [0.717, 1.165) is 12.3 Å². The smallest absolute Gasteiger partial charge is 0.236 e. The molecule has 0 atom stereocenters. The van der Waals surface area contributed by atoms with Crippen molar-refractivity contribution < 1.29 is 13.6 Å². The molecular weight excluding hydrogens is 240 g/mol. The normalized spacial score (nSPS) is 23.7. The van der Waals surface area contributed by atoms with Crippen LogP contribution < -0.4 is 11.3 Å². The number of carbonyl (C=O) groups excluding carboxylic acids is 1. The minimum Gasteiger partial charge on any atom is -0.294 e. The zero-order valence-corrected chi connectivity index (χ0v) is 9.83. The molecule has 1 saturated carbocycles. The van der Waals surface area contributed by atoms with Crippen molar-refractivity contribution in [2.45, 2.75) is 31.6 Å². The van der Waals surface area contributed by atoms with Crippen LogP contribution in [-0.2, 0) is 4.79 Å². The maximum Gasteiger partial charge on any atom is 0.236 e. The Hall–Kier alpha value is -1.56. The topological polar surface area (TPSA) is 68.0 Å². The second kappa shape index (κ2) is 5.39. The van der Waals surface area contributed by atoms with E-state index in [-0.39, 0.29) is 17.7 Å². The number of nitrogens with two attached hydrogens (primary N) is 1. The predicted molar refractivity (Wildman–Crippen MR) is 61.2 cm³/mol. The lowest BCUT2D eigenvalue weighted by Crippen LogP contribution is -2.37. The summed E-state index contributed by atoms with van der Waals surface area (Å²) in [5, 5.41) is 0. The molecule has 0 aliphatic heterocycles. The summed E-state index contributed by atoms with van der Waals surface area (Å²) in [7, 11) is 0. The number of hydrogen-bond acceptors (Lipinski definition) is 3. The highest BCUT2D eigenvalue weighted by Gasteiger charge is 2.28. The predicted octanol–water partition coefficient (Wildman–Crippen LogP) is 1.62. The molecule has 2 rings (SSSR count). The molecule has 1 aromatic rings. The number of amides is 1. The molecule has 1 aromatic heterocycles. The van der Waals surface area contributed by atoms with Gasteiger partial charge in [0, 0.05) is 17.9 Å². The van der Waals surface area contributed by atoms with Gasteiger partial charge in [-0.2, -0.15) is 0 Å². The van der Waals surface area contributed by atoms with E-state index >= 15 is 0 Å². The monoisotopic (exact) mass is 255 g/mol. The summed E-state index contributed by atoms with van der Waals surface area (Å²) in [4.78, 5) is 15.2. The van der Waals surface area contributed by atoms with Crippen LogP contribution in [0.15, 0.2) is 12.3 Å². The van der Waals surface area contributed by atoms with Crippen molar-refractivity contribution in [3.8, 4) is 0 Å². The molecule has 0 unspecified atom stereocenters. The van der Waals surface area contributed by atoms with Gasteiger partial charge in [0.25, 0.3) is 0 Å². The quantitative estimate of drug-likeness (QED) is 0.479. The molecule has 1 amide bonds. The fourth-order valence-electron chi connectivity index (χ4n) is 2.47. The molecule has 98 valence electrons. The lowest BCUT2D eigenvalue weighted by atomic mass is 9.80. The first-order chi connectivity index (χ1) is 8.61. The van der Waals surface area contributed by atoms with Gasteiger partial charge in [-0.1, -0.05) is 0 Å². The van der Waals surface area contributed by atoms with Crippen LogP contribution in [0.1, 0.15) is 37.3 Å². The van der Waals surface area contributed by atoms with Crippen molar-refractivity contribution in [2.75, 3.05) is 0 Å². The molecule has 1 aliphatic rings. The largest absolute Gasteiger partial charge is 0.294 e. The van der Waals surface area contributed by atoms with Gasteiger partial charge in [-0.15, -0.1) is 0 Å². The summed E-state index contributed by atoms with van der Waals surface area (Å²) in [5.41, 5.74) is 2.42. The fourth-order valence-corrected chi connectivity index (χ4v) is 2.47. The molecule has 0 aromatic carbocycles. The molecule has 0 bridgehead atoms. The second-order valence-corrected chi connectivity index (χ2v) is 4.58. The molecule has 1 heterocycles. The number of aromatic nitrogens is 1. The van der Waals surface area contributed by atoms with E-state index in [9.17, 15) is 13.6 Å². The standard InChI is InChI=1S/C12H15F2N3O/c13-9-5-10(14)11(16-6-9)7-1-3-8(4-2-7)12(18)17-15/h5-8H,1-4,15H2,(H,17,18)/t7-,8-. The fraction of sp³-hybridized carbons (Fsp3) is 0.500. The van der Waals surface area contributed by atoms with Crippen molar-refractivity contribution in [3.63, 3.8) is 0 Å². The molecular formula is C12H15F2N3O. The lowest BCUT2D eigenvalue weighted by molar-refractivity contribution is -0.126. The third-order valence-electron chi connectivity index (χ3n) is 3.46. The van der Waals surface area contributed by atoms with Gasteiger partial charge in [0.2, 0.25) is 5.91 Å². The van der Waals surface area contributed by atoms with Crippen molar-refractivity contribution >= 4 is 5.91 Å². The Labute approximate surface area is 104 Å². The maximum absolute atomic E-state index is 13.6. The van der Waals surface area contributed by atoms with Gasteiger partial charge in [-0.25, -0.2) is 14.6 Å². The van der Waals surface area contributed by atoms with Crippen molar-refractivity contribution in [3.05, 3.63) is 29.6 Å². The molecule has 6 heteroatoms. The first-order valence-electron chi connectivity index (χ1n) is 5.93. The molecule has 3 N–H and O–H groups in total. The van der Waals surface area contributed by atoms with E-state index in [1.807, 2.05) is 0 Å². The highest BCUT2D eigenvalue weighted by molar-refractivity contribution is 5.78. The Bertz CT molecular complexity index is 445. The average Bonchev–Trinajstić information content (AvgIpc) is 2.38. The number of pyridine rings is 1. The van der Waals surface area contributed by atoms with Gasteiger partial charge in [-0.05, 0) is 25.7 Å². The number of carbonyl (C=O) groups is 1. The van der Waals surface area contributed by atoms with E-state index in [1.165, 1.54) is 0 Å². The number of hydrogen-bond donors (Lipinski definition) is 2. The molecule has 1 fully saturated rings. The van der Waals surface area contributed by atoms with Crippen LogP contribution in [-0.4, -0.2) is 10.9 Å². The van der Waals surface area contributed by atoms with Gasteiger partial charge >= 0.3 is 0 Å². The number of halogens is 2. The number of rotatable bonds is 2. The molecule has 18 heavy (non-hydrogen) atoms. The Morgan fingerprint density at radius 1 is 1.33 bits per heavy atom. The SMILES string of the molecule is NNC(=O)[C@H]1CC[C@H](c2ncc(F)cc2F)CC1. The van der Waals surface area contributed by atoms with E-state index in [2.05, 4.69) is 10.4 Å². The summed E-state index contributed by atoms with van der Waals surface area (Å²) in [6, 6.07) is 0.848. The summed E-state index contributed by atoms with van der Waals surface area (Å²) >= 11 is 0. The zero-order valence-electron chi connectivity index (χ0n) is 9.83. The third-order valence-corrected chi connectivity index (χ3v) is 3.46. The van der Waals surface area contributed by atoms with Crippen LogP contribution >= 0.6 is 0 Å². The molecule has 0 saturated heterocycles.